The van der Waals surface area contributed by atoms with Crippen molar-refractivity contribution in [2.24, 2.45) is 0 Å². The van der Waals surface area contributed by atoms with E-state index in [1.807, 2.05) is 18.2 Å². The van der Waals surface area contributed by atoms with Crippen LogP contribution in [0.5, 0.6) is 0 Å². The average molecular weight is 562 g/mol. The van der Waals surface area contributed by atoms with Crippen molar-refractivity contribution >= 4 is 59.9 Å². The van der Waals surface area contributed by atoms with Gasteiger partial charge in [-0.3, -0.25) is 4.57 Å². The highest BCUT2D eigenvalue weighted by atomic mass is 15.2. The number of nitrogens with zero attached hydrogens (tertiary/aromatic N) is 5. The Bertz CT molecular complexity index is 2660. The summed E-state index contributed by atoms with van der Waals surface area (Å²) in [7, 11) is 0. The minimum atomic E-state index is 0.602. The molecule has 0 spiro atoms. The Kier molecular flexibility index (Phi) is 4.66. The molecule has 0 N–H and O–H groups in total. The second-order valence-corrected chi connectivity index (χ2v) is 11.3. The molecule has 44 heavy (non-hydrogen) atoms. The minimum Gasteiger partial charge on any atom is -0.308 e. The second-order valence-electron chi connectivity index (χ2n) is 11.3. The van der Waals surface area contributed by atoms with E-state index in [0.717, 1.165) is 33.1 Å². The predicted octanol–water partition coefficient (Wildman–Crippen LogP) is 9.45. The summed E-state index contributed by atoms with van der Waals surface area (Å²) in [6.45, 7) is 0. The first-order valence-electron chi connectivity index (χ1n) is 14.8. The molecule has 4 aromatic heterocycles. The zero-order valence-electron chi connectivity index (χ0n) is 23.5. The van der Waals surface area contributed by atoms with Gasteiger partial charge in [0.15, 0.2) is 11.6 Å². The first kappa shape index (κ1) is 23.5. The molecule has 0 fully saturated rings. The Morgan fingerprint density at radius 1 is 0.386 bits per heavy atom. The molecule has 0 atom stereocenters. The molecule has 6 aromatic carbocycles. The van der Waals surface area contributed by atoms with Crippen molar-refractivity contribution in [2.45, 2.75) is 0 Å². The van der Waals surface area contributed by atoms with Crippen LogP contribution in [0.1, 0.15) is 0 Å². The average Bonchev–Trinajstić information content (AvgIpc) is 3.74. The van der Waals surface area contributed by atoms with E-state index in [0.29, 0.717) is 17.6 Å². The molecule has 0 radical (unpaired) electrons. The van der Waals surface area contributed by atoms with Gasteiger partial charge in [-0.2, -0.15) is 9.97 Å². The molecule has 0 unspecified atom stereocenters. The SMILES string of the molecule is c1ccc(-c2nc(-c3cccc4c3c3cccc5c6ccccc6n4c53)nc(-n3c4ccccc4c4ccccc43)n2)cc1. The Balaban J connectivity index is 1.33. The minimum absolute atomic E-state index is 0.602. The summed E-state index contributed by atoms with van der Waals surface area (Å²) in [6.07, 6.45) is 0. The third-order valence-corrected chi connectivity index (χ3v) is 8.92. The van der Waals surface area contributed by atoms with E-state index in [1.54, 1.807) is 0 Å². The van der Waals surface area contributed by atoms with Crippen molar-refractivity contribution in [3.05, 3.63) is 140 Å². The molecule has 0 aliphatic rings. The van der Waals surface area contributed by atoms with Gasteiger partial charge in [-0.15, -0.1) is 0 Å². The van der Waals surface area contributed by atoms with Crippen molar-refractivity contribution in [2.75, 3.05) is 0 Å². The second kappa shape index (κ2) is 8.72. The fraction of sp³-hybridized carbons (Fsp3) is 0. The van der Waals surface area contributed by atoms with Crippen LogP contribution in [0.15, 0.2) is 140 Å². The molecule has 0 amide bonds. The highest BCUT2D eigenvalue weighted by Crippen LogP contribution is 2.42. The van der Waals surface area contributed by atoms with Crippen LogP contribution >= 0.6 is 0 Å². The quantitative estimate of drug-likeness (QED) is 0.216. The number of aromatic nitrogens is 5. The van der Waals surface area contributed by atoms with Crippen LogP contribution in [-0.2, 0) is 0 Å². The van der Waals surface area contributed by atoms with E-state index in [4.69, 9.17) is 15.0 Å². The van der Waals surface area contributed by atoms with E-state index in [2.05, 4.69) is 130 Å². The summed E-state index contributed by atoms with van der Waals surface area (Å²) in [5.41, 5.74) is 7.66. The number of hydrogen-bond acceptors (Lipinski definition) is 3. The number of fused-ring (bicyclic) bond motifs is 9. The number of rotatable bonds is 3. The van der Waals surface area contributed by atoms with Crippen molar-refractivity contribution in [3.8, 4) is 28.7 Å². The third-order valence-electron chi connectivity index (χ3n) is 8.92. The van der Waals surface area contributed by atoms with Gasteiger partial charge in [-0.1, -0.05) is 115 Å². The maximum Gasteiger partial charge on any atom is 0.238 e. The molecular formula is C39H23N5. The molecule has 0 aliphatic heterocycles. The molecule has 4 heterocycles. The van der Waals surface area contributed by atoms with Gasteiger partial charge in [0.2, 0.25) is 5.95 Å². The summed E-state index contributed by atoms with van der Waals surface area (Å²) in [5.74, 6) is 1.90. The highest BCUT2D eigenvalue weighted by molar-refractivity contribution is 6.25. The topological polar surface area (TPSA) is 48.0 Å². The van der Waals surface area contributed by atoms with Crippen LogP contribution in [0.2, 0.25) is 0 Å². The number of hydrogen-bond donors (Lipinski definition) is 0. The lowest BCUT2D eigenvalue weighted by Gasteiger charge is -2.11. The molecule has 5 heteroatoms. The van der Waals surface area contributed by atoms with E-state index in [9.17, 15) is 0 Å². The molecule has 5 nitrogen and oxygen atoms in total. The zero-order chi connectivity index (χ0) is 28.8. The van der Waals surface area contributed by atoms with Crippen molar-refractivity contribution in [3.63, 3.8) is 0 Å². The summed E-state index contributed by atoms with van der Waals surface area (Å²) in [6, 6.07) is 48.8. The first-order chi connectivity index (χ1) is 21.8. The summed E-state index contributed by atoms with van der Waals surface area (Å²) >= 11 is 0. The third kappa shape index (κ3) is 3.10. The Morgan fingerprint density at radius 2 is 0.932 bits per heavy atom. The standard InChI is InChI=1S/C39H23N5/c1-2-12-24(13-3-1)37-40-38(42-39(41-37)44-32-21-8-4-14-25(32)26-15-5-9-22-33(26)44)30-19-11-23-34-35(30)29-18-10-17-28-27-16-6-7-20-31(27)43(34)36(28)29/h1-23H. The van der Waals surface area contributed by atoms with Crippen LogP contribution in [0.4, 0.5) is 0 Å². The highest BCUT2D eigenvalue weighted by Gasteiger charge is 2.22. The molecule has 0 saturated heterocycles. The molecule has 10 rings (SSSR count). The van der Waals surface area contributed by atoms with E-state index in [1.165, 1.54) is 38.0 Å². The molecule has 0 bridgehead atoms. The first-order valence-corrected chi connectivity index (χ1v) is 14.8. The van der Waals surface area contributed by atoms with Gasteiger partial charge in [-0.25, -0.2) is 4.98 Å². The van der Waals surface area contributed by atoms with Crippen molar-refractivity contribution in [1.29, 1.82) is 0 Å². The van der Waals surface area contributed by atoms with Crippen LogP contribution in [0.25, 0.3) is 88.6 Å². The lowest BCUT2D eigenvalue weighted by Crippen LogP contribution is -2.06. The van der Waals surface area contributed by atoms with Gasteiger partial charge in [0.25, 0.3) is 0 Å². The van der Waals surface area contributed by atoms with Gasteiger partial charge < -0.3 is 4.40 Å². The van der Waals surface area contributed by atoms with Gasteiger partial charge in [0.05, 0.1) is 27.6 Å². The Morgan fingerprint density at radius 3 is 1.68 bits per heavy atom. The fourth-order valence-electron chi connectivity index (χ4n) is 7.11. The van der Waals surface area contributed by atoms with Gasteiger partial charge >= 0.3 is 0 Å². The van der Waals surface area contributed by atoms with E-state index < -0.39 is 0 Å². The van der Waals surface area contributed by atoms with Crippen LogP contribution in [0, 0.1) is 0 Å². The van der Waals surface area contributed by atoms with E-state index in [-0.39, 0.29) is 0 Å². The zero-order valence-corrected chi connectivity index (χ0v) is 23.5. The van der Waals surface area contributed by atoms with Gasteiger partial charge in [0.1, 0.15) is 0 Å². The maximum absolute atomic E-state index is 5.25. The van der Waals surface area contributed by atoms with Crippen LogP contribution in [-0.4, -0.2) is 23.9 Å². The van der Waals surface area contributed by atoms with Crippen molar-refractivity contribution < 1.29 is 0 Å². The Labute approximate surface area is 251 Å². The molecule has 10 aromatic rings. The molecular weight excluding hydrogens is 538 g/mol. The monoisotopic (exact) mass is 561 g/mol. The predicted molar refractivity (Wildman–Crippen MR) is 180 cm³/mol. The Hall–Kier alpha value is -6.07. The summed E-state index contributed by atoms with van der Waals surface area (Å²) in [5, 5.41) is 7.21. The van der Waals surface area contributed by atoms with Crippen LogP contribution < -0.4 is 0 Å². The summed E-state index contributed by atoms with van der Waals surface area (Å²) < 4.78 is 4.56. The largest absolute Gasteiger partial charge is 0.308 e. The van der Waals surface area contributed by atoms with Crippen molar-refractivity contribution in [1.82, 2.24) is 23.9 Å². The van der Waals surface area contributed by atoms with Crippen LogP contribution in [0.3, 0.4) is 0 Å². The van der Waals surface area contributed by atoms with Gasteiger partial charge in [0, 0.05) is 43.4 Å². The number of benzene rings is 6. The molecule has 0 saturated carbocycles. The lowest BCUT2D eigenvalue weighted by molar-refractivity contribution is 0.954. The molecule has 0 aliphatic carbocycles. The smallest absolute Gasteiger partial charge is 0.238 e. The van der Waals surface area contributed by atoms with Gasteiger partial charge in [-0.05, 0) is 24.3 Å². The van der Waals surface area contributed by atoms with E-state index >= 15 is 0 Å². The summed E-state index contributed by atoms with van der Waals surface area (Å²) in [4.78, 5) is 15.5. The fourth-order valence-corrected chi connectivity index (χ4v) is 7.11. The normalized spacial score (nSPS) is 12.1. The molecule has 204 valence electrons. The maximum atomic E-state index is 5.25. The number of para-hydroxylation sites is 4. The lowest BCUT2D eigenvalue weighted by atomic mass is 10.0.